The number of aromatic carboxylic acids is 1. The molecule has 2 aromatic heterocycles. The normalized spacial score (nSPS) is 15.1. The number of hydrogen-bond donors (Lipinski definition) is 3. The van der Waals surface area contributed by atoms with Gasteiger partial charge in [-0.25, -0.2) is 4.79 Å². The lowest BCUT2D eigenvalue weighted by Crippen LogP contribution is -2.41. The van der Waals surface area contributed by atoms with Gasteiger partial charge in [0.2, 0.25) is 0 Å². The molecule has 9 heteroatoms. The molecule has 184 valence electrons. The molecule has 1 aliphatic rings. The molecule has 0 bridgehead atoms. The summed E-state index contributed by atoms with van der Waals surface area (Å²) in [7, 11) is 6.36. The number of aryl methyl sites for hydroxylation is 1. The van der Waals surface area contributed by atoms with Gasteiger partial charge in [0.15, 0.2) is 5.56 Å². The number of aromatic amines is 1. The molecule has 1 saturated heterocycles. The third-order valence-electron chi connectivity index (χ3n) is 6.96. The Bertz CT molecular complexity index is 1260. The zero-order chi connectivity index (χ0) is 23.9. The van der Waals surface area contributed by atoms with Crippen LogP contribution in [0.4, 0.5) is 0 Å². The molecule has 0 saturated carbocycles. The number of likely N-dealkylation sites (tertiary alicyclic amines) is 1. The summed E-state index contributed by atoms with van der Waals surface area (Å²) in [5.41, 5.74) is 2.52. The zero-order valence-corrected chi connectivity index (χ0v) is 20.9. The van der Waals surface area contributed by atoms with Crippen molar-refractivity contribution in [3.05, 3.63) is 51.4 Å². The highest BCUT2D eigenvalue weighted by atomic mass is 35.5. The van der Waals surface area contributed by atoms with Gasteiger partial charge in [-0.15, -0.1) is 12.4 Å². The number of nitrogens with zero attached hydrogens (tertiary/aromatic N) is 3. The monoisotopic (exact) mass is 488 g/mol. The summed E-state index contributed by atoms with van der Waals surface area (Å²) < 4.78 is 2.20. The predicted molar refractivity (Wildman–Crippen MR) is 136 cm³/mol. The molecule has 3 aromatic rings. The van der Waals surface area contributed by atoms with E-state index in [0.717, 1.165) is 36.1 Å². The van der Waals surface area contributed by atoms with Crippen molar-refractivity contribution < 1.29 is 15.0 Å². The van der Waals surface area contributed by atoms with Crippen molar-refractivity contribution in [2.45, 2.75) is 38.8 Å². The van der Waals surface area contributed by atoms with Crippen molar-refractivity contribution >= 4 is 29.3 Å². The van der Waals surface area contributed by atoms with Gasteiger partial charge in [-0.2, -0.15) is 0 Å². The molecule has 3 heterocycles. The third kappa shape index (κ3) is 4.71. The fraction of sp³-hybridized carbons (Fsp3) is 0.440. The highest BCUT2D eigenvalue weighted by Crippen LogP contribution is 2.32. The minimum absolute atomic E-state index is 0. The quantitative estimate of drug-likeness (QED) is 0.491. The molecule has 1 aliphatic heterocycles. The largest absolute Gasteiger partial charge is 0.506 e. The summed E-state index contributed by atoms with van der Waals surface area (Å²) in [5, 5.41) is 20.8. The smallest absolute Gasteiger partial charge is 0.345 e. The minimum atomic E-state index is -1.44. The molecule has 0 spiro atoms. The van der Waals surface area contributed by atoms with Crippen molar-refractivity contribution in [3.8, 4) is 17.0 Å². The first kappa shape index (κ1) is 25.8. The molecular weight excluding hydrogens is 456 g/mol. The Morgan fingerprint density at radius 3 is 2.47 bits per heavy atom. The maximum Gasteiger partial charge on any atom is 0.345 e. The van der Waals surface area contributed by atoms with Crippen molar-refractivity contribution in [2.24, 2.45) is 7.05 Å². The first-order chi connectivity index (χ1) is 15.7. The lowest BCUT2D eigenvalue weighted by molar-refractivity contribution is 0.0691. The molecule has 0 atom stereocenters. The van der Waals surface area contributed by atoms with Crippen LogP contribution in [0.25, 0.3) is 22.2 Å². The summed E-state index contributed by atoms with van der Waals surface area (Å²) in [5.74, 6) is -1.90. The number of benzene rings is 1. The number of piperidine rings is 1. The summed E-state index contributed by atoms with van der Waals surface area (Å²) in [4.78, 5) is 31.2. The van der Waals surface area contributed by atoms with Crippen molar-refractivity contribution in [1.82, 2.24) is 19.4 Å². The van der Waals surface area contributed by atoms with Crippen molar-refractivity contribution in [1.29, 1.82) is 0 Å². The van der Waals surface area contributed by atoms with E-state index in [1.165, 1.54) is 18.5 Å². The Morgan fingerprint density at radius 1 is 1.21 bits per heavy atom. The molecule has 4 rings (SSSR count). The average Bonchev–Trinajstić information content (AvgIpc) is 3.08. The second-order valence-electron chi connectivity index (χ2n) is 9.13. The van der Waals surface area contributed by atoms with Gasteiger partial charge < -0.3 is 24.7 Å². The van der Waals surface area contributed by atoms with Crippen LogP contribution in [-0.2, 0) is 20.0 Å². The number of halogens is 1. The Labute approximate surface area is 205 Å². The van der Waals surface area contributed by atoms with Crippen molar-refractivity contribution in [2.75, 3.05) is 27.2 Å². The second-order valence-corrected chi connectivity index (χ2v) is 9.13. The van der Waals surface area contributed by atoms with Gasteiger partial charge >= 0.3 is 5.97 Å². The van der Waals surface area contributed by atoms with Crippen LogP contribution in [0.1, 0.15) is 41.4 Å². The Morgan fingerprint density at radius 2 is 1.88 bits per heavy atom. The van der Waals surface area contributed by atoms with E-state index in [-0.39, 0.29) is 12.4 Å². The summed E-state index contributed by atoms with van der Waals surface area (Å²) in [6.07, 6.45) is 2.73. The van der Waals surface area contributed by atoms with E-state index in [1.54, 1.807) is 0 Å². The van der Waals surface area contributed by atoms with E-state index in [1.807, 2.05) is 25.1 Å². The second kappa shape index (κ2) is 10.2. The van der Waals surface area contributed by atoms with Crippen LogP contribution in [0.15, 0.2) is 29.1 Å². The number of carboxylic acid groups (broad SMARTS) is 1. The molecule has 34 heavy (non-hydrogen) atoms. The summed E-state index contributed by atoms with van der Waals surface area (Å²) in [6, 6.07) is 8.72. The van der Waals surface area contributed by atoms with Gasteiger partial charge in [0.1, 0.15) is 5.75 Å². The lowest BCUT2D eigenvalue weighted by atomic mass is 9.99. The van der Waals surface area contributed by atoms with Crippen molar-refractivity contribution in [3.63, 3.8) is 0 Å². The number of nitrogens with one attached hydrogen (secondary N) is 1. The summed E-state index contributed by atoms with van der Waals surface area (Å²) in [6.45, 7) is 4.85. The van der Waals surface area contributed by atoms with Gasteiger partial charge in [0.25, 0.3) is 5.56 Å². The molecular formula is C25H33ClN4O4. The van der Waals surface area contributed by atoms with E-state index in [4.69, 9.17) is 0 Å². The van der Waals surface area contributed by atoms with Crippen LogP contribution in [0, 0.1) is 0 Å². The van der Waals surface area contributed by atoms with E-state index in [0.29, 0.717) is 23.7 Å². The Kier molecular flexibility index (Phi) is 7.75. The highest BCUT2D eigenvalue weighted by Gasteiger charge is 2.23. The van der Waals surface area contributed by atoms with Crippen LogP contribution < -0.4 is 5.56 Å². The Hall–Kier alpha value is -2.81. The number of pyridine rings is 1. The molecule has 0 radical (unpaired) electrons. The number of aromatic hydroxyl groups is 1. The predicted octanol–water partition coefficient (Wildman–Crippen LogP) is 3.45. The highest BCUT2D eigenvalue weighted by molar-refractivity contribution is 5.92. The van der Waals surface area contributed by atoms with Gasteiger partial charge in [-0.3, -0.25) is 9.69 Å². The number of aromatic nitrogens is 2. The SMILES string of the molecule is CCc1c(-c2ccc3c(c2)cc(CN2CCC(N(C)C)CC2)n3C)[nH]c(=O)c(C(=O)O)c1O.Cl. The third-order valence-corrected chi connectivity index (χ3v) is 6.96. The maximum atomic E-state index is 12.3. The maximum absolute atomic E-state index is 12.3. The number of H-pyrrole nitrogens is 1. The Balaban J connectivity index is 0.00000324. The number of rotatable bonds is 6. The van der Waals surface area contributed by atoms with Crippen LogP contribution in [0.5, 0.6) is 5.75 Å². The molecule has 1 fully saturated rings. The number of carboxylic acids is 1. The van der Waals surface area contributed by atoms with Crippen LogP contribution in [-0.4, -0.2) is 68.8 Å². The van der Waals surface area contributed by atoms with Gasteiger partial charge in [-0.05, 0) is 57.1 Å². The molecule has 1 aromatic carbocycles. The molecule has 0 amide bonds. The number of carbonyl (C=O) groups is 1. The van der Waals surface area contributed by atoms with E-state index in [2.05, 4.69) is 46.6 Å². The molecule has 0 aliphatic carbocycles. The standard InChI is InChI=1S/C25H32N4O4.ClH/c1-5-19-22(26-24(31)21(23(19)30)25(32)33)15-6-7-20-16(12-15)13-18(28(20)4)14-29-10-8-17(9-11-29)27(2)3;/h6-7,12-13,17H,5,8-11,14H2,1-4H3,(H,32,33)(H2,26,30,31);1H. The van der Waals surface area contributed by atoms with E-state index >= 15 is 0 Å². The molecule has 0 unspecified atom stereocenters. The van der Waals surface area contributed by atoms with Gasteiger partial charge in [-0.1, -0.05) is 13.0 Å². The fourth-order valence-corrected chi connectivity index (χ4v) is 4.95. The van der Waals surface area contributed by atoms with Crippen LogP contribution in [0.2, 0.25) is 0 Å². The van der Waals surface area contributed by atoms with Crippen LogP contribution >= 0.6 is 12.4 Å². The molecule has 8 nitrogen and oxygen atoms in total. The number of hydrogen-bond acceptors (Lipinski definition) is 5. The first-order valence-corrected chi connectivity index (χ1v) is 11.4. The minimum Gasteiger partial charge on any atom is -0.506 e. The lowest BCUT2D eigenvalue weighted by Gasteiger charge is -2.35. The first-order valence-electron chi connectivity index (χ1n) is 11.4. The van der Waals surface area contributed by atoms with Gasteiger partial charge in [0.05, 0.1) is 5.69 Å². The van der Waals surface area contributed by atoms with E-state index in [9.17, 15) is 19.8 Å². The van der Waals surface area contributed by atoms with E-state index < -0.39 is 22.8 Å². The fourth-order valence-electron chi connectivity index (χ4n) is 4.95. The van der Waals surface area contributed by atoms with Gasteiger partial charge in [0, 0.05) is 54.9 Å². The topological polar surface area (TPSA) is 102 Å². The average molecular weight is 489 g/mol. The number of fused-ring (bicyclic) bond motifs is 1. The zero-order valence-electron chi connectivity index (χ0n) is 20.1. The molecule has 3 N–H and O–H groups in total. The summed E-state index contributed by atoms with van der Waals surface area (Å²) >= 11 is 0. The van der Waals surface area contributed by atoms with Crippen LogP contribution in [0.3, 0.4) is 0 Å².